The fourth-order valence-corrected chi connectivity index (χ4v) is 3.99. The van der Waals surface area contributed by atoms with Crippen LogP contribution in [0.4, 0.5) is 0 Å². The molecular weight excluding hydrogens is 335 g/mol. The molecule has 8 heteroatoms. The molecule has 124 valence electrons. The third kappa shape index (κ3) is 1.76. The van der Waals surface area contributed by atoms with Crippen LogP contribution in [0.2, 0.25) is 0 Å². The lowest BCUT2D eigenvalue weighted by Gasteiger charge is -2.07. The maximum atomic E-state index is 10.2. The Bertz CT molecular complexity index is 972. The van der Waals surface area contributed by atoms with Gasteiger partial charge in [-0.2, -0.15) is 0 Å². The van der Waals surface area contributed by atoms with Gasteiger partial charge in [0.2, 0.25) is 13.6 Å². The van der Waals surface area contributed by atoms with E-state index >= 15 is 0 Å². The van der Waals surface area contributed by atoms with Crippen molar-refractivity contribution in [3.63, 3.8) is 0 Å². The molecule has 1 aromatic heterocycles. The summed E-state index contributed by atoms with van der Waals surface area (Å²) in [5, 5.41) is 1.31. The van der Waals surface area contributed by atoms with Crippen LogP contribution in [0.3, 0.4) is 0 Å². The van der Waals surface area contributed by atoms with Crippen molar-refractivity contribution in [1.82, 2.24) is 0 Å². The molecule has 2 aliphatic rings. The zero-order chi connectivity index (χ0) is 16.4. The quantitative estimate of drug-likeness (QED) is 0.654. The zero-order valence-corrected chi connectivity index (χ0v) is 13.8. The van der Waals surface area contributed by atoms with Crippen molar-refractivity contribution in [3.05, 3.63) is 23.3 Å². The second-order valence-electron chi connectivity index (χ2n) is 5.68. The summed E-state index contributed by atoms with van der Waals surface area (Å²) in [5.74, 6) is 2.35. The van der Waals surface area contributed by atoms with Gasteiger partial charge in [0.05, 0.1) is 10.8 Å². The second-order valence-corrected chi connectivity index (χ2v) is 6.52. The Hall–Kier alpha value is -2.50. The SMILES string of the molecule is Cc1cc2c(c3c1op(O)oc1c(C)cc4c(c13)OCO4)OCO2. The van der Waals surface area contributed by atoms with Crippen molar-refractivity contribution in [2.45, 2.75) is 13.8 Å². The summed E-state index contributed by atoms with van der Waals surface area (Å²) in [6, 6.07) is 3.64. The van der Waals surface area contributed by atoms with Gasteiger partial charge in [-0.25, -0.2) is 0 Å². The molecule has 2 aliphatic heterocycles. The first-order valence-corrected chi connectivity index (χ1v) is 8.48. The average molecular weight is 348 g/mol. The summed E-state index contributed by atoms with van der Waals surface area (Å²) in [7, 11) is -2.13. The highest BCUT2D eigenvalue weighted by molar-refractivity contribution is 7.30. The summed E-state index contributed by atoms with van der Waals surface area (Å²) in [6.45, 7) is 4.01. The van der Waals surface area contributed by atoms with Crippen LogP contribution in [-0.2, 0) is 0 Å². The molecular formula is C16H13O7P. The maximum absolute atomic E-state index is 10.2. The van der Waals surface area contributed by atoms with E-state index in [0.717, 1.165) is 11.1 Å². The van der Waals surface area contributed by atoms with Crippen LogP contribution in [-0.4, -0.2) is 18.5 Å². The van der Waals surface area contributed by atoms with Gasteiger partial charge in [0.1, 0.15) is 0 Å². The van der Waals surface area contributed by atoms with Crippen molar-refractivity contribution in [3.8, 4) is 23.0 Å². The van der Waals surface area contributed by atoms with Crippen molar-refractivity contribution in [2.24, 2.45) is 0 Å². The van der Waals surface area contributed by atoms with Crippen molar-refractivity contribution < 1.29 is 32.2 Å². The molecule has 24 heavy (non-hydrogen) atoms. The molecule has 1 N–H and O–H groups in total. The molecule has 0 unspecified atom stereocenters. The number of aryl methyl sites for hydroxylation is 2. The van der Waals surface area contributed by atoms with E-state index < -0.39 is 8.24 Å². The van der Waals surface area contributed by atoms with Gasteiger partial charge in [-0.3, -0.25) is 4.89 Å². The normalized spacial score (nSPS) is 14.6. The molecule has 0 atom stereocenters. The summed E-state index contributed by atoms with van der Waals surface area (Å²) in [5.41, 5.74) is 2.60. The van der Waals surface area contributed by atoms with Crippen molar-refractivity contribution in [2.75, 3.05) is 13.6 Å². The first-order valence-electron chi connectivity index (χ1n) is 7.35. The summed E-state index contributed by atoms with van der Waals surface area (Å²) < 4.78 is 33.8. The lowest BCUT2D eigenvalue weighted by molar-refractivity contribution is 0.174. The molecule has 2 aromatic carbocycles. The Morgan fingerprint density at radius 1 is 0.792 bits per heavy atom. The standard InChI is InChI=1S/C16H13O7P/c1-7-3-9-15(20-5-18-9)11-12-14(23-24(17)22-13(7)11)8(2)4-10-16(12)21-6-19-10/h3-4,17H,5-6H2,1-2H3. The zero-order valence-electron chi connectivity index (χ0n) is 12.9. The molecule has 0 saturated carbocycles. The highest BCUT2D eigenvalue weighted by atomic mass is 31.1. The molecule has 0 spiro atoms. The van der Waals surface area contributed by atoms with Crippen LogP contribution in [0.1, 0.15) is 11.1 Å². The lowest BCUT2D eigenvalue weighted by Crippen LogP contribution is -1.93. The third-order valence-corrected chi connectivity index (χ3v) is 4.87. The van der Waals surface area contributed by atoms with Gasteiger partial charge in [0, 0.05) is 0 Å². The molecule has 0 saturated heterocycles. The van der Waals surface area contributed by atoms with Gasteiger partial charge in [-0.15, -0.1) is 0 Å². The lowest BCUT2D eigenvalue weighted by atomic mass is 10.0. The minimum atomic E-state index is -2.13. The summed E-state index contributed by atoms with van der Waals surface area (Å²) in [6.07, 6.45) is 0. The van der Waals surface area contributed by atoms with Crippen LogP contribution in [0, 0.1) is 13.8 Å². The number of benzene rings is 2. The van der Waals surface area contributed by atoms with Gasteiger partial charge < -0.3 is 27.3 Å². The van der Waals surface area contributed by atoms with E-state index in [2.05, 4.69) is 0 Å². The Balaban J connectivity index is 2.15. The van der Waals surface area contributed by atoms with Gasteiger partial charge >= 0.3 is 8.24 Å². The number of ether oxygens (including phenoxy) is 4. The molecule has 3 aromatic rings. The number of fused-ring (bicyclic) bond motifs is 7. The van der Waals surface area contributed by atoms with Gasteiger partial charge in [0.25, 0.3) is 0 Å². The first-order chi connectivity index (χ1) is 11.6. The van der Waals surface area contributed by atoms with Crippen molar-refractivity contribution >= 4 is 30.2 Å². The van der Waals surface area contributed by atoms with Gasteiger partial charge in [0.15, 0.2) is 34.2 Å². The minimum Gasteiger partial charge on any atom is -0.454 e. The van der Waals surface area contributed by atoms with Crippen LogP contribution in [0.15, 0.2) is 20.5 Å². The molecule has 5 rings (SSSR count). The smallest absolute Gasteiger partial charge is 0.384 e. The number of hydrogen-bond acceptors (Lipinski definition) is 7. The topological polar surface area (TPSA) is 83.4 Å². The summed E-state index contributed by atoms with van der Waals surface area (Å²) >= 11 is 0. The van der Waals surface area contributed by atoms with E-state index in [-0.39, 0.29) is 13.6 Å². The van der Waals surface area contributed by atoms with Crippen LogP contribution >= 0.6 is 8.24 Å². The monoisotopic (exact) mass is 348 g/mol. The Kier molecular flexibility index (Phi) is 2.75. The molecule has 3 heterocycles. The predicted molar refractivity (Wildman–Crippen MR) is 85.7 cm³/mol. The molecule has 0 amide bonds. The average Bonchev–Trinajstić information content (AvgIpc) is 3.15. The second kappa shape index (κ2) is 4.75. The fourth-order valence-electron chi connectivity index (χ4n) is 3.17. The first kappa shape index (κ1) is 13.9. The number of hydrogen-bond donors (Lipinski definition) is 1. The number of rotatable bonds is 0. The summed E-state index contributed by atoms with van der Waals surface area (Å²) in [4.78, 5) is 10.2. The van der Waals surface area contributed by atoms with Crippen LogP contribution < -0.4 is 18.9 Å². The molecule has 0 bridgehead atoms. The van der Waals surface area contributed by atoms with E-state index in [1.165, 1.54) is 0 Å². The van der Waals surface area contributed by atoms with Gasteiger partial charge in [-0.05, 0) is 37.1 Å². The van der Waals surface area contributed by atoms with Crippen molar-refractivity contribution in [1.29, 1.82) is 0 Å². The molecule has 0 fully saturated rings. The highest BCUT2D eigenvalue weighted by Gasteiger charge is 2.28. The van der Waals surface area contributed by atoms with E-state index in [4.69, 9.17) is 27.3 Å². The third-order valence-electron chi connectivity index (χ3n) is 4.19. The van der Waals surface area contributed by atoms with E-state index in [9.17, 15) is 4.89 Å². The van der Waals surface area contributed by atoms with Crippen LogP contribution in [0.25, 0.3) is 21.9 Å². The van der Waals surface area contributed by atoms with Gasteiger partial charge in [-0.1, -0.05) is 0 Å². The maximum Gasteiger partial charge on any atom is 0.384 e. The Labute approximate surface area is 136 Å². The Morgan fingerprint density at radius 2 is 1.25 bits per heavy atom. The molecule has 7 nitrogen and oxygen atoms in total. The fraction of sp³-hybridized carbons (Fsp3) is 0.250. The molecule has 0 radical (unpaired) electrons. The van der Waals surface area contributed by atoms with Crippen LogP contribution in [0.5, 0.6) is 23.0 Å². The molecule has 0 aliphatic carbocycles. The Morgan fingerprint density at radius 3 is 1.71 bits per heavy atom. The minimum absolute atomic E-state index is 0.126. The van der Waals surface area contributed by atoms with E-state index in [0.29, 0.717) is 44.9 Å². The highest BCUT2D eigenvalue weighted by Crippen LogP contribution is 2.51. The van der Waals surface area contributed by atoms with E-state index in [1.54, 1.807) is 0 Å². The largest absolute Gasteiger partial charge is 0.454 e. The van der Waals surface area contributed by atoms with E-state index in [1.807, 2.05) is 26.0 Å². The predicted octanol–water partition coefficient (Wildman–Crippen LogP) is 4.12.